The summed E-state index contributed by atoms with van der Waals surface area (Å²) in [6, 6.07) is 88.0. The van der Waals surface area contributed by atoms with E-state index in [-0.39, 0.29) is 17.2 Å². The fourth-order valence-electron chi connectivity index (χ4n) is 11.8. The summed E-state index contributed by atoms with van der Waals surface area (Å²) < 4.78 is 16.1. The monoisotopic (exact) mass is 978 g/mol. The van der Waals surface area contributed by atoms with Crippen LogP contribution in [0.2, 0.25) is 0 Å². The van der Waals surface area contributed by atoms with Gasteiger partial charge in [0.2, 0.25) is 5.78 Å². The second-order valence-corrected chi connectivity index (χ2v) is 19.3. The molecule has 0 aliphatic heterocycles. The van der Waals surface area contributed by atoms with Crippen molar-refractivity contribution in [3.8, 4) is 22.8 Å². The zero-order valence-corrected chi connectivity index (χ0v) is 41.1. The smallest absolute Gasteiger partial charge is 0.232 e. The van der Waals surface area contributed by atoms with E-state index in [1.54, 1.807) is 12.5 Å². The van der Waals surface area contributed by atoms with E-state index in [0.717, 1.165) is 88.0 Å². The Hall–Kier alpha value is -10.1. The molecule has 0 fully saturated rings. The molecule has 0 aliphatic carbocycles. The number of aromatic nitrogens is 4. The van der Waals surface area contributed by atoms with Crippen LogP contribution in [0.3, 0.4) is 0 Å². The number of ketones is 1. The summed E-state index contributed by atoms with van der Waals surface area (Å²) in [6.45, 7) is 0. The van der Waals surface area contributed by atoms with Gasteiger partial charge in [0.25, 0.3) is 0 Å². The van der Waals surface area contributed by atoms with E-state index in [1.807, 2.05) is 73.1 Å². The number of carbonyl (C=O) groups excluding carboxylic acids is 1. The minimum Gasteiger partial charge on any atom is -0.464 e. The highest BCUT2D eigenvalue weighted by molar-refractivity contribution is 6.09. The molecule has 7 heteroatoms. The van der Waals surface area contributed by atoms with Crippen molar-refractivity contribution >= 4 is 49.3 Å². The van der Waals surface area contributed by atoms with Crippen LogP contribution in [0.1, 0.15) is 49.6 Å². The lowest BCUT2D eigenvalue weighted by Crippen LogP contribution is -2.38. The highest BCUT2D eigenvalue weighted by Gasteiger charge is 2.43. The van der Waals surface area contributed by atoms with Crippen LogP contribution in [0.15, 0.2) is 289 Å². The average Bonchev–Trinajstić information content (AvgIpc) is 4.47. The van der Waals surface area contributed by atoms with Crippen molar-refractivity contribution in [3.05, 3.63) is 324 Å². The Labute approximate surface area is 438 Å². The first-order chi connectivity index (χ1) is 37.6. The van der Waals surface area contributed by atoms with Crippen LogP contribution in [0.4, 0.5) is 0 Å². The summed E-state index contributed by atoms with van der Waals surface area (Å²) in [7, 11) is 0. The van der Waals surface area contributed by atoms with E-state index in [0.29, 0.717) is 11.6 Å². The van der Waals surface area contributed by atoms with Crippen molar-refractivity contribution in [1.82, 2.24) is 19.1 Å². The number of hydrogen-bond acceptors (Lipinski definition) is 5. The first-order valence-electron chi connectivity index (χ1n) is 25.5. The molecular weight excluding hydrogens is 933 g/mol. The van der Waals surface area contributed by atoms with E-state index >= 15 is 4.79 Å². The Balaban J connectivity index is 1.05. The summed E-state index contributed by atoms with van der Waals surface area (Å²) >= 11 is 0. The Kier molecular flexibility index (Phi) is 10.6. The first kappa shape index (κ1) is 44.6. The van der Waals surface area contributed by atoms with Crippen LogP contribution >= 0.6 is 0 Å². The van der Waals surface area contributed by atoms with E-state index in [4.69, 9.17) is 18.8 Å². The summed E-state index contributed by atoms with van der Waals surface area (Å²) in [5.41, 5.74) is 7.79. The average molecular weight is 979 g/mol. The molecule has 14 rings (SSSR count). The van der Waals surface area contributed by atoms with Crippen LogP contribution in [-0.4, -0.2) is 24.9 Å². The van der Waals surface area contributed by atoms with E-state index in [9.17, 15) is 0 Å². The highest BCUT2D eigenvalue weighted by atomic mass is 16.3. The molecule has 0 spiro atoms. The van der Waals surface area contributed by atoms with Gasteiger partial charge in [-0.15, -0.1) is 0 Å². The third kappa shape index (κ3) is 7.01. The molecule has 0 amide bonds. The largest absolute Gasteiger partial charge is 0.464 e. The second-order valence-electron chi connectivity index (χ2n) is 19.3. The normalized spacial score (nSPS) is 12.0. The number of rotatable bonds is 12. The molecule has 0 bridgehead atoms. The molecule has 76 heavy (non-hydrogen) atoms. The van der Waals surface area contributed by atoms with Gasteiger partial charge < -0.3 is 18.0 Å². The molecular formula is C69H46N4O3. The first-order valence-corrected chi connectivity index (χ1v) is 25.5. The van der Waals surface area contributed by atoms with Crippen molar-refractivity contribution in [2.75, 3.05) is 0 Å². The predicted molar refractivity (Wildman–Crippen MR) is 303 cm³/mol. The van der Waals surface area contributed by atoms with Gasteiger partial charge in [-0.1, -0.05) is 218 Å². The van der Waals surface area contributed by atoms with Crippen molar-refractivity contribution in [1.29, 1.82) is 0 Å². The van der Waals surface area contributed by atoms with Crippen LogP contribution in [0, 0.1) is 0 Å². The van der Waals surface area contributed by atoms with Crippen LogP contribution in [0.25, 0.3) is 66.3 Å². The Morgan fingerprint density at radius 3 is 0.974 bits per heavy atom. The second kappa shape index (κ2) is 18.1. The maximum atomic E-state index is 16.2. The molecule has 0 N–H and O–H groups in total. The number of hydrogen-bond donors (Lipinski definition) is 0. The number of carbonyl (C=O) groups is 1. The standard InChI is InChI=1S/C69H46N4O3/c74-65(61-45-72(66(70-61)49-31-35-57-47(43-49)33-37-63-59(57)39-41-75-63)68(51-19-7-1-8-20-51,52-21-9-2-10-22-52)53-23-11-3-12-24-53)62-46-73(67(71-62)50-32-36-58-48(44-50)34-38-64-60(58)40-42-76-64)69(54-25-13-4-14-26-54,55-27-15-5-16-28-55)56-29-17-6-18-30-56/h1-46H. The molecule has 4 heterocycles. The molecule has 0 radical (unpaired) electrons. The van der Waals surface area contributed by atoms with Gasteiger partial charge in [0.15, 0.2) is 0 Å². The van der Waals surface area contributed by atoms with Crippen molar-refractivity contribution in [3.63, 3.8) is 0 Å². The molecule has 10 aromatic carbocycles. The van der Waals surface area contributed by atoms with Gasteiger partial charge in [-0.25, -0.2) is 9.97 Å². The lowest BCUT2D eigenvalue weighted by atomic mass is 9.76. The molecule has 7 nitrogen and oxygen atoms in total. The molecule has 0 unspecified atom stereocenters. The predicted octanol–water partition coefficient (Wildman–Crippen LogP) is 16.1. The Morgan fingerprint density at radius 2 is 0.658 bits per heavy atom. The minimum atomic E-state index is -1.01. The van der Waals surface area contributed by atoms with E-state index in [1.165, 1.54) is 0 Å². The van der Waals surface area contributed by atoms with Crippen molar-refractivity contribution in [2.45, 2.75) is 11.1 Å². The zero-order chi connectivity index (χ0) is 50.6. The summed E-state index contributed by atoms with van der Waals surface area (Å²) in [5, 5.41) is 6.21. The van der Waals surface area contributed by atoms with Gasteiger partial charge in [-0.2, -0.15) is 0 Å². The van der Waals surface area contributed by atoms with Gasteiger partial charge in [0.05, 0.1) is 12.5 Å². The lowest BCUT2D eigenvalue weighted by Gasteiger charge is -2.38. The quantitative estimate of drug-likeness (QED) is 0.0900. The third-order valence-corrected chi connectivity index (χ3v) is 15.2. The maximum Gasteiger partial charge on any atom is 0.232 e. The molecule has 4 aromatic heterocycles. The van der Waals surface area contributed by atoms with Crippen molar-refractivity contribution < 1.29 is 13.6 Å². The molecule has 0 atom stereocenters. The van der Waals surface area contributed by atoms with Gasteiger partial charge in [-0.3, -0.25) is 4.79 Å². The van der Waals surface area contributed by atoms with Gasteiger partial charge in [-0.05, 0) is 91.3 Å². The summed E-state index contributed by atoms with van der Waals surface area (Å²) in [5.74, 6) is 0.898. The number of fused-ring (bicyclic) bond motifs is 6. The minimum absolute atomic E-state index is 0.245. The van der Waals surface area contributed by atoms with Crippen LogP contribution in [-0.2, 0) is 11.1 Å². The van der Waals surface area contributed by atoms with Crippen LogP contribution in [0.5, 0.6) is 0 Å². The van der Waals surface area contributed by atoms with Crippen LogP contribution < -0.4 is 0 Å². The zero-order valence-electron chi connectivity index (χ0n) is 41.1. The number of imidazole rings is 2. The van der Waals surface area contributed by atoms with Crippen molar-refractivity contribution in [2.24, 2.45) is 0 Å². The number of furan rings is 2. The highest BCUT2D eigenvalue weighted by Crippen LogP contribution is 2.47. The lowest BCUT2D eigenvalue weighted by molar-refractivity contribution is 0.103. The third-order valence-electron chi connectivity index (χ3n) is 15.2. The van der Waals surface area contributed by atoms with E-state index < -0.39 is 11.1 Å². The molecule has 0 saturated heterocycles. The Morgan fingerprint density at radius 1 is 0.342 bits per heavy atom. The topological polar surface area (TPSA) is 79.0 Å². The molecule has 0 aliphatic rings. The molecule has 14 aromatic rings. The number of nitrogens with zero attached hydrogens (tertiary/aromatic N) is 4. The maximum absolute atomic E-state index is 16.2. The number of benzene rings is 10. The SMILES string of the molecule is O=C(c1cn(C(c2ccccc2)(c2ccccc2)c2ccccc2)c(-c2ccc3c(ccc4occc43)c2)n1)c1cn(C(c2ccccc2)(c2ccccc2)c2ccccc2)c(-c2ccc3c(ccc4occc43)c2)n1. The van der Waals surface area contributed by atoms with Gasteiger partial charge in [0.1, 0.15) is 45.3 Å². The van der Waals surface area contributed by atoms with Gasteiger partial charge in [0, 0.05) is 34.3 Å². The fourth-order valence-corrected chi connectivity index (χ4v) is 11.8. The Bertz CT molecular complexity index is 3930. The molecule has 0 saturated carbocycles. The molecule has 360 valence electrons. The fraction of sp³-hybridized carbons (Fsp3) is 0.0290. The summed E-state index contributed by atoms with van der Waals surface area (Å²) in [6.07, 6.45) is 7.34. The summed E-state index contributed by atoms with van der Waals surface area (Å²) in [4.78, 5) is 27.2. The van der Waals surface area contributed by atoms with Gasteiger partial charge >= 0.3 is 0 Å². The van der Waals surface area contributed by atoms with E-state index in [2.05, 4.69) is 203 Å².